The first kappa shape index (κ1) is 18.4. The van der Waals surface area contributed by atoms with Crippen LogP contribution in [0.3, 0.4) is 0 Å². The Balaban J connectivity index is 1.99. The molecule has 1 aromatic rings. The fourth-order valence-electron chi connectivity index (χ4n) is 3.12. The summed E-state index contributed by atoms with van der Waals surface area (Å²) in [7, 11) is 1.92. The van der Waals surface area contributed by atoms with E-state index in [1.54, 1.807) is 0 Å². The first-order valence-electron chi connectivity index (χ1n) is 8.47. The van der Waals surface area contributed by atoms with Crippen molar-refractivity contribution in [3.05, 3.63) is 35.4 Å². The normalized spacial score (nSPS) is 16.2. The molecule has 1 saturated heterocycles. The van der Waals surface area contributed by atoms with Crippen LogP contribution in [0, 0.1) is 11.3 Å². The van der Waals surface area contributed by atoms with Crippen LogP contribution in [0.25, 0.3) is 0 Å². The van der Waals surface area contributed by atoms with Crippen LogP contribution in [0.2, 0.25) is 0 Å². The quantitative estimate of drug-likeness (QED) is 0.896. The highest BCUT2D eigenvalue weighted by Crippen LogP contribution is 2.26. The van der Waals surface area contributed by atoms with Crippen molar-refractivity contribution >= 4 is 5.91 Å². The van der Waals surface area contributed by atoms with Crippen molar-refractivity contribution in [2.45, 2.75) is 44.8 Å². The molecule has 0 spiro atoms. The molecule has 5 nitrogen and oxygen atoms in total. The zero-order valence-corrected chi connectivity index (χ0v) is 14.8. The number of benzene rings is 1. The van der Waals surface area contributed by atoms with Crippen molar-refractivity contribution < 1.29 is 9.90 Å². The van der Waals surface area contributed by atoms with Crippen LogP contribution in [0.15, 0.2) is 24.3 Å². The molecule has 5 heteroatoms. The van der Waals surface area contributed by atoms with Gasteiger partial charge in [-0.2, -0.15) is 5.26 Å². The molecule has 1 aliphatic rings. The maximum Gasteiger partial charge on any atom is 0.236 e. The van der Waals surface area contributed by atoms with Gasteiger partial charge in [0.05, 0.1) is 24.1 Å². The van der Waals surface area contributed by atoms with Crippen molar-refractivity contribution in [3.8, 4) is 6.07 Å². The largest absolute Gasteiger partial charge is 0.393 e. The van der Waals surface area contributed by atoms with Crippen molar-refractivity contribution in [2.24, 2.45) is 0 Å². The number of hydrogen-bond donors (Lipinski definition) is 1. The molecule has 130 valence electrons. The van der Waals surface area contributed by atoms with Gasteiger partial charge in [0.1, 0.15) is 0 Å². The molecular weight excluding hydrogens is 302 g/mol. The molecule has 1 aromatic carbocycles. The van der Waals surface area contributed by atoms with Crippen LogP contribution >= 0.6 is 0 Å². The second-order valence-electron chi connectivity index (χ2n) is 7.18. The number of nitrogens with zero attached hydrogens (tertiary/aromatic N) is 3. The number of carbonyl (C=O) groups is 1. The fraction of sp³-hybridized carbons (Fsp3) is 0.579. The smallest absolute Gasteiger partial charge is 0.236 e. The van der Waals surface area contributed by atoms with E-state index in [2.05, 4.69) is 6.07 Å². The molecule has 0 bridgehead atoms. The molecule has 0 saturated carbocycles. The number of aliphatic hydroxyl groups is 1. The summed E-state index contributed by atoms with van der Waals surface area (Å²) in [5, 5.41) is 18.9. The molecule has 1 heterocycles. The van der Waals surface area contributed by atoms with Crippen molar-refractivity contribution in [2.75, 3.05) is 26.7 Å². The highest BCUT2D eigenvalue weighted by atomic mass is 16.3. The first-order chi connectivity index (χ1) is 11.3. The third-order valence-corrected chi connectivity index (χ3v) is 4.63. The molecule has 1 amide bonds. The highest BCUT2D eigenvalue weighted by Gasteiger charge is 2.25. The first-order valence-corrected chi connectivity index (χ1v) is 8.47. The highest BCUT2D eigenvalue weighted by molar-refractivity contribution is 5.78. The number of aliphatic hydroxyl groups excluding tert-OH is 1. The van der Waals surface area contributed by atoms with Crippen LogP contribution in [-0.4, -0.2) is 53.6 Å². The summed E-state index contributed by atoms with van der Waals surface area (Å²) in [5.41, 5.74) is 1.53. The molecule has 1 fully saturated rings. The van der Waals surface area contributed by atoms with Crippen LogP contribution in [0.5, 0.6) is 0 Å². The Hall–Kier alpha value is -1.90. The van der Waals surface area contributed by atoms with E-state index in [-0.39, 0.29) is 12.0 Å². The predicted molar refractivity (Wildman–Crippen MR) is 93.2 cm³/mol. The number of likely N-dealkylation sites (N-methyl/N-ethyl adjacent to an activating group) is 1. The van der Waals surface area contributed by atoms with Gasteiger partial charge < -0.3 is 10.0 Å². The Kier molecular flexibility index (Phi) is 5.98. The van der Waals surface area contributed by atoms with Gasteiger partial charge in [0.15, 0.2) is 0 Å². The SMILES string of the molecule is CN(CC(=O)N1CCC(O)CC1)Cc1ccccc1C(C)(C)C#N. The molecular formula is C19H27N3O2. The number of carbonyl (C=O) groups excluding carboxylic acids is 1. The maximum absolute atomic E-state index is 12.4. The fourth-order valence-corrected chi connectivity index (χ4v) is 3.12. The van der Waals surface area contributed by atoms with Gasteiger partial charge >= 0.3 is 0 Å². The van der Waals surface area contributed by atoms with E-state index in [4.69, 9.17) is 0 Å². The molecule has 1 N–H and O–H groups in total. The number of hydrogen-bond acceptors (Lipinski definition) is 4. The lowest BCUT2D eigenvalue weighted by molar-refractivity contribution is -0.134. The zero-order valence-electron chi connectivity index (χ0n) is 14.8. The Bertz CT molecular complexity index is 613. The van der Waals surface area contributed by atoms with Crippen LogP contribution in [0.1, 0.15) is 37.8 Å². The average Bonchev–Trinajstić information content (AvgIpc) is 2.55. The van der Waals surface area contributed by atoms with E-state index in [1.165, 1.54) is 0 Å². The van der Waals surface area contributed by atoms with Gasteiger partial charge in [-0.05, 0) is 44.9 Å². The topological polar surface area (TPSA) is 67.6 Å². The standard InChI is InChI=1S/C19H27N3O2/c1-19(2,14-20)17-7-5-4-6-15(17)12-21(3)13-18(24)22-10-8-16(23)9-11-22/h4-7,16,23H,8-13H2,1-3H3. The van der Waals surface area contributed by atoms with E-state index < -0.39 is 5.41 Å². The Labute approximate surface area is 144 Å². The lowest BCUT2D eigenvalue weighted by Crippen LogP contribution is -2.44. The van der Waals surface area contributed by atoms with Crippen LogP contribution < -0.4 is 0 Å². The summed E-state index contributed by atoms with van der Waals surface area (Å²) in [6.07, 6.45) is 1.05. The minimum Gasteiger partial charge on any atom is -0.393 e. The molecule has 0 atom stereocenters. The molecule has 1 aliphatic heterocycles. The van der Waals surface area contributed by atoms with Gasteiger partial charge in [-0.25, -0.2) is 0 Å². The molecule has 0 aromatic heterocycles. The Morgan fingerprint density at radius 2 is 2.00 bits per heavy atom. The van der Waals surface area contributed by atoms with Gasteiger partial charge in [0.2, 0.25) is 5.91 Å². The third kappa shape index (κ3) is 4.56. The number of amides is 1. The van der Waals surface area contributed by atoms with Crippen LogP contribution in [-0.2, 0) is 16.8 Å². The van der Waals surface area contributed by atoms with E-state index in [1.807, 2.05) is 55.0 Å². The maximum atomic E-state index is 12.4. The van der Waals surface area contributed by atoms with Crippen molar-refractivity contribution in [1.82, 2.24) is 9.80 Å². The average molecular weight is 329 g/mol. The molecule has 0 aliphatic carbocycles. The molecule has 0 unspecified atom stereocenters. The summed E-state index contributed by atoms with van der Waals surface area (Å²) < 4.78 is 0. The summed E-state index contributed by atoms with van der Waals surface area (Å²) in [6, 6.07) is 10.3. The Morgan fingerprint density at radius 1 is 1.38 bits per heavy atom. The van der Waals surface area contributed by atoms with Gasteiger partial charge in [-0.3, -0.25) is 9.69 Å². The van der Waals surface area contributed by atoms with E-state index >= 15 is 0 Å². The second kappa shape index (κ2) is 7.78. The van der Waals surface area contributed by atoms with Gasteiger partial charge in [-0.1, -0.05) is 24.3 Å². The molecule has 2 rings (SSSR count). The minimum absolute atomic E-state index is 0.0985. The van der Waals surface area contributed by atoms with E-state index in [0.717, 1.165) is 11.1 Å². The molecule has 24 heavy (non-hydrogen) atoms. The van der Waals surface area contributed by atoms with Gasteiger partial charge in [-0.15, -0.1) is 0 Å². The summed E-state index contributed by atoms with van der Waals surface area (Å²) >= 11 is 0. The minimum atomic E-state index is -0.551. The number of piperidine rings is 1. The van der Waals surface area contributed by atoms with Gasteiger partial charge in [0.25, 0.3) is 0 Å². The lowest BCUT2D eigenvalue weighted by Gasteiger charge is -2.31. The predicted octanol–water partition coefficient (Wildman–Crippen LogP) is 1.90. The lowest BCUT2D eigenvalue weighted by atomic mass is 9.83. The third-order valence-electron chi connectivity index (χ3n) is 4.63. The van der Waals surface area contributed by atoms with Crippen LogP contribution in [0.4, 0.5) is 0 Å². The number of nitriles is 1. The Morgan fingerprint density at radius 3 is 2.62 bits per heavy atom. The van der Waals surface area contributed by atoms with E-state index in [9.17, 15) is 15.2 Å². The monoisotopic (exact) mass is 329 g/mol. The number of rotatable bonds is 5. The summed E-state index contributed by atoms with van der Waals surface area (Å²) in [4.78, 5) is 16.2. The van der Waals surface area contributed by atoms with Crippen molar-refractivity contribution in [1.29, 1.82) is 5.26 Å². The molecule has 0 radical (unpaired) electrons. The summed E-state index contributed by atoms with van der Waals surface area (Å²) in [5.74, 6) is 0.0985. The zero-order chi connectivity index (χ0) is 17.7. The number of likely N-dealkylation sites (tertiary alicyclic amines) is 1. The van der Waals surface area contributed by atoms with Gasteiger partial charge in [0, 0.05) is 19.6 Å². The second-order valence-corrected chi connectivity index (χ2v) is 7.18. The van der Waals surface area contributed by atoms with Crippen molar-refractivity contribution in [3.63, 3.8) is 0 Å². The summed E-state index contributed by atoms with van der Waals surface area (Å²) in [6.45, 7) is 6.06. The van der Waals surface area contributed by atoms with E-state index in [0.29, 0.717) is 39.0 Å².